The van der Waals surface area contributed by atoms with Crippen LogP contribution in [0.25, 0.3) is 0 Å². The third-order valence-electron chi connectivity index (χ3n) is 5.01. The molecule has 1 aliphatic heterocycles. The van der Waals surface area contributed by atoms with E-state index in [4.69, 9.17) is 19.2 Å². The molecule has 6 heteroatoms. The van der Waals surface area contributed by atoms with Gasteiger partial charge in [0.1, 0.15) is 5.75 Å². The molecule has 1 heterocycles. The molecule has 1 aromatic carbocycles. The first-order valence-corrected chi connectivity index (χ1v) is 8.45. The molecule has 0 unspecified atom stereocenters. The van der Waals surface area contributed by atoms with Gasteiger partial charge in [0.2, 0.25) is 0 Å². The van der Waals surface area contributed by atoms with Crippen LogP contribution in [0.15, 0.2) is 24.3 Å². The molecule has 132 valence electrons. The number of carboxylic acid groups (broad SMARTS) is 1. The van der Waals surface area contributed by atoms with Crippen LogP contribution < -0.4 is 10.2 Å². The standard InChI is InChI=1S/C18H27BO5/c1-17(2)11-5-6-12-23-19(24-18(17,3)4)14-7-9-15(10-8-14)22-13-16(20)21/h7-10H,5-6,11-13H2,1-4H3,(H,20,21). The minimum atomic E-state index is -0.994. The smallest absolute Gasteiger partial charge is 0.482 e. The van der Waals surface area contributed by atoms with E-state index in [1.54, 1.807) is 12.1 Å². The van der Waals surface area contributed by atoms with E-state index in [1.165, 1.54) is 0 Å². The van der Waals surface area contributed by atoms with E-state index >= 15 is 0 Å². The van der Waals surface area contributed by atoms with Crippen molar-refractivity contribution in [3.8, 4) is 5.75 Å². The van der Waals surface area contributed by atoms with Crippen molar-refractivity contribution in [1.29, 1.82) is 0 Å². The molecule has 0 spiro atoms. The number of aliphatic carboxylic acids is 1. The van der Waals surface area contributed by atoms with Crippen molar-refractivity contribution in [2.45, 2.75) is 52.6 Å². The van der Waals surface area contributed by atoms with E-state index in [1.807, 2.05) is 12.1 Å². The van der Waals surface area contributed by atoms with Crippen LogP contribution in [0.3, 0.4) is 0 Å². The van der Waals surface area contributed by atoms with Crippen molar-refractivity contribution in [1.82, 2.24) is 0 Å². The van der Waals surface area contributed by atoms with Gasteiger partial charge in [0, 0.05) is 6.61 Å². The first kappa shape index (κ1) is 18.8. The van der Waals surface area contributed by atoms with Gasteiger partial charge in [0.15, 0.2) is 6.61 Å². The van der Waals surface area contributed by atoms with E-state index in [2.05, 4.69) is 27.7 Å². The van der Waals surface area contributed by atoms with Gasteiger partial charge >= 0.3 is 13.1 Å². The van der Waals surface area contributed by atoms with Gasteiger partial charge in [-0.25, -0.2) is 4.79 Å². The lowest BCUT2D eigenvalue weighted by Gasteiger charge is -2.42. The predicted molar refractivity (Wildman–Crippen MR) is 93.7 cm³/mol. The number of hydrogen-bond donors (Lipinski definition) is 1. The highest BCUT2D eigenvalue weighted by Crippen LogP contribution is 2.39. The molecule has 1 saturated heterocycles. The number of ether oxygens (including phenoxy) is 1. The van der Waals surface area contributed by atoms with E-state index in [-0.39, 0.29) is 17.6 Å². The van der Waals surface area contributed by atoms with E-state index in [9.17, 15) is 4.79 Å². The lowest BCUT2D eigenvalue weighted by Crippen LogP contribution is -2.50. The van der Waals surface area contributed by atoms with Crippen LogP contribution >= 0.6 is 0 Å². The summed E-state index contributed by atoms with van der Waals surface area (Å²) in [6.45, 7) is 9.00. The number of benzene rings is 1. The van der Waals surface area contributed by atoms with Gasteiger partial charge in [-0.1, -0.05) is 32.4 Å². The fourth-order valence-electron chi connectivity index (χ4n) is 2.65. The van der Waals surface area contributed by atoms with E-state index in [0.29, 0.717) is 12.4 Å². The summed E-state index contributed by atoms with van der Waals surface area (Å²) >= 11 is 0. The normalized spacial score (nSPS) is 20.6. The molecule has 1 N–H and O–H groups in total. The fraction of sp³-hybridized carbons (Fsp3) is 0.611. The second-order valence-corrected chi connectivity index (χ2v) is 7.42. The first-order valence-electron chi connectivity index (χ1n) is 8.45. The highest BCUT2D eigenvalue weighted by molar-refractivity contribution is 6.61. The molecular weight excluding hydrogens is 307 g/mol. The Morgan fingerprint density at radius 1 is 1.21 bits per heavy atom. The molecule has 0 atom stereocenters. The summed E-state index contributed by atoms with van der Waals surface area (Å²) in [6, 6.07) is 7.22. The maximum Gasteiger partial charge on any atom is 0.494 e. The quantitative estimate of drug-likeness (QED) is 0.858. The summed E-state index contributed by atoms with van der Waals surface area (Å²) in [5, 5.41) is 8.66. The summed E-state index contributed by atoms with van der Waals surface area (Å²) in [5.74, 6) is -0.477. The van der Waals surface area contributed by atoms with Crippen molar-refractivity contribution < 1.29 is 23.9 Å². The molecule has 24 heavy (non-hydrogen) atoms. The van der Waals surface area contributed by atoms with Crippen LogP contribution in [0.2, 0.25) is 0 Å². The van der Waals surface area contributed by atoms with Gasteiger partial charge in [-0.05, 0) is 49.7 Å². The number of rotatable bonds is 4. The summed E-state index contributed by atoms with van der Waals surface area (Å²) < 4.78 is 17.5. The van der Waals surface area contributed by atoms with Crippen LogP contribution in [0.4, 0.5) is 0 Å². The monoisotopic (exact) mass is 334 g/mol. The molecule has 0 saturated carbocycles. The predicted octanol–water partition coefficient (Wildman–Crippen LogP) is 2.87. The van der Waals surface area contributed by atoms with Gasteiger partial charge in [-0.2, -0.15) is 0 Å². The van der Waals surface area contributed by atoms with Gasteiger partial charge in [-0.15, -0.1) is 0 Å². The molecule has 0 radical (unpaired) electrons. The highest BCUT2D eigenvalue weighted by atomic mass is 16.6. The van der Waals surface area contributed by atoms with E-state index < -0.39 is 13.1 Å². The zero-order valence-corrected chi connectivity index (χ0v) is 15.0. The van der Waals surface area contributed by atoms with Gasteiger partial charge in [-0.3, -0.25) is 0 Å². The molecule has 0 aromatic heterocycles. The Morgan fingerprint density at radius 3 is 2.50 bits per heavy atom. The Labute approximate surface area is 144 Å². The Kier molecular flexibility index (Phi) is 5.94. The molecule has 1 fully saturated rings. The Hall–Kier alpha value is -1.53. The third-order valence-corrected chi connectivity index (χ3v) is 5.01. The van der Waals surface area contributed by atoms with Crippen molar-refractivity contribution >= 4 is 18.6 Å². The van der Waals surface area contributed by atoms with Crippen molar-refractivity contribution in [2.75, 3.05) is 13.2 Å². The van der Waals surface area contributed by atoms with Crippen molar-refractivity contribution in [3.63, 3.8) is 0 Å². The van der Waals surface area contributed by atoms with Crippen LogP contribution in [0.1, 0.15) is 47.0 Å². The van der Waals surface area contributed by atoms with E-state index in [0.717, 1.165) is 24.7 Å². The summed E-state index contributed by atoms with van der Waals surface area (Å²) in [7, 11) is -0.439. The summed E-state index contributed by atoms with van der Waals surface area (Å²) in [4.78, 5) is 10.6. The SMILES string of the molecule is CC1(C)CCCCOB(c2ccc(OCC(=O)O)cc2)OC1(C)C. The van der Waals surface area contributed by atoms with Crippen molar-refractivity contribution in [3.05, 3.63) is 24.3 Å². The lowest BCUT2D eigenvalue weighted by atomic mass is 9.70. The van der Waals surface area contributed by atoms with Gasteiger partial charge < -0.3 is 19.2 Å². The summed E-state index contributed by atoms with van der Waals surface area (Å²) in [6.07, 6.45) is 3.23. The molecule has 5 nitrogen and oxygen atoms in total. The van der Waals surface area contributed by atoms with Crippen molar-refractivity contribution in [2.24, 2.45) is 5.41 Å². The zero-order chi connectivity index (χ0) is 17.8. The lowest BCUT2D eigenvalue weighted by molar-refractivity contribution is -0.139. The molecule has 2 rings (SSSR count). The van der Waals surface area contributed by atoms with Crippen LogP contribution in [0.5, 0.6) is 5.75 Å². The highest BCUT2D eigenvalue weighted by Gasteiger charge is 2.42. The topological polar surface area (TPSA) is 65.0 Å². The molecule has 0 aliphatic carbocycles. The summed E-state index contributed by atoms with van der Waals surface area (Å²) in [5.41, 5.74) is 0.618. The van der Waals surface area contributed by atoms with Crippen LogP contribution in [-0.4, -0.2) is 37.0 Å². The minimum Gasteiger partial charge on any atom is -0.482 e. The Bertz CT molecular complexity index is 553. The molecule has 1 aliphatic rings. The molecule has 0 amide bonds. The number of carbonyl (C=O) groups is 1. The molecule has 1 aromatic rings. The number of hydrogen-bond acceptors (Lipinski definition) is 4. The second kappa shape index (κ2) is 7.57. The minimum absolute atomic E-state index is 0.0451. The number of carboxylic acids is 1. The Balaban J connectivity index is 2.14. The molecule has 0 bridgehead atoms. The van der Waals surface area contributed by atoms with Gasteiger partial charge in [0.05, 0.1) is 5.60 Å². The largest absolute Gasteiger partial charge is 0.494 e. The average molecular weight is 334 g/mol. The first-order chi connectivity index (χ1) is 11.2. The maximum absolute atomic E-state index is 10.6. The van der Waals surface area contributed by atoms with Gasteiger partial charge in [0.25, 0.3) is 0 Å². The Morgan fingerprint density at radius 2 is 1.88 bits per heavy atom. The fourth-order valence-corrected chi connectivity index (χ4v) is 2.65. The van der Waals surface area contributed by atoms with Crippen LogP contribution in [0, 0.1) is 5.41 Å². The zero-order valence-electron chi connectivity index (χ0n) is 15.0. The third kappa shape index (κ3) is 4.74. The van der Waals surface area contributed by atoms with Crippen LogP contribution in [-0.2, 0) is 14.1 Å². The average Bonchev–Trinajstić information content (AvgIpc) is 2.55. The maximum atomic E-state index is 10.6. The molecular formula is C18H27BO5. The second-order valence-electron chi connectivity index (χ2n) is 7.42.